The molecule has 1 saturated carbocycles. The predicted molar refractivity (Wildman–Crippen MR) is 83.4 cm³/mol. The van der Waals surface area contributed by atoms with Crippen molar-refractivity contribution >= 4 is 15.9 Å². The molecule has 0 aromatic rings. The molecule has 5 nitrogen and oxygen atoms in total. The molecule has 0 bridgehead atoms. The Morgan fingerprint density at radius 3 is 2.67 bits per heavy atom. The van der Waals surface area contributed by atoms with Gasteiger partial charge in [0.1, 0.15) is 0 Å². The first-order valence-electron chi connectivity index (χ1n) is 8.30. The zero-order valence-electron chi connectivity index (χ0n) is 13.0. The topological polar surface area (TPSA) is 66.5 Å². The molecule has 1 heterocycles. The molecule has 2 fully saturated rings. The number of rotatable bonds is 6. The van der Waals surface area contributed by atoms with Crippen LogP contribution in [-0.4, -0.2) is 44.1 Å². The Hall–Kier alpha value is -0.620. The highest BCUT2D eigenvalue weighted by molar-refractivity contribution is 7.89. The number of amides is 1. The van der Waals surface area contributed by atoms with Gasteiger partial charge >= 0.3 is 0 Å². The molecule has 21 heavy (non-hydrogen) atoms. The lowest BCUT2D eigenvalue weighted by molar-refractivity contribution is -0.137. The van der Waals surface area contributed by atoms with Crippen LogP contribution in [0.3, 0.4) is 0 Å². The molecule has 2 unspecified atom stereocenters. The standard InChI is InChI=1S/C15H28N2O3S/c1-2-12-21(19,20)16-10-9-15(18)17-11-5-7-13-6-3-4-8-14(13)17/h13-14,16H,2-12H2,1H3. The highest BCUT2D eigenvalue weighted by Crippen LogP contribution is 2.35. The van der Waals surface area contributed by atoms with E-state index < -0.39 is 10.0 Å². The van der Waals surface area contributed by atoms with Crippen LogP contribution in [0, 0.1) is 5.92 Å². The summed E-state index contributed by atoms with van der Waals surface area (Å²) in [7, 11) is -3.20. The smallest absolute Gasteiger partial charge is 0.224 e. The van der Waals surface area contributed by atoms with E-state index in [2.05, 4.69) is 4.72 Å². The monoisotopic (exact) mass is 316 g/mol. The molecule has 2 rings (SSSR count). The van der Waals surface area contributed by atoms with Crippen molar-refractivity contribution in [1.82, 2.24) is 9.62 Å². The molecule has 1 saturated heterocycles. The van der Waals surface area contributed by atoms with Crippen LogP contribution in [0.25, 0.3) is 0 Å². The van der Waals surface area contributed by atoms with Crippen molar-refractivity contribution in [1.29, 1.82) is 0 Å². The van der Waals surface area contributed by atoms with Gasteiger partial charge in [0.05, 0.1) is 5.75 Å². The third-order valence-corrected chi connectivity index (χ3v) is 6.29. The fraction of sp³-hybridized carbons (Fsp3) is 0.933. The highest BCUT2D eigenvalue weighted by Gasteiger charge is 2.35. The molecule has 0 aromatic carbocycles. The van der Waals surface area contributed by atoms with E-state index >= 15 is 0 Å². The Balaban J connectivity index is 1.82. The summed E-state index contributed by atoms with van der Waals surface area (Å²) >= 11 is 0. The summed E-state index contributed by atoms with van der Waals surface area (Å²) in [6.07, 6.45) is 8.10. The number of carbonyl (C=O) groups is 1. The van der Waals surface area contributed by atoms with Gasteiger partial charge in [-0.05, 0) is 38.0 Å². The van der Waals surface area contributed by atoms with Gasteiger partial charge in [-0.2, -0.15) is 0 Å². The molecule has 122 valence electrons. The summed E-state index contributed by atoms with van der Waals surface area (Å²) in [4.78, 5) is 14.4. The van der Waals surface area contributed by atoms with Crippen LogP contribution in [0.5, 0.6) is 0 Å². The molecular weight excluding hydrogens is 288 g/mol. The zero-order chi connectivity index (χ0) is 15.3. The van der Waals surface area contributed by atoms with Gasteiger partial charge in [-0.1, -0.05) is 19.8 Å². The molecular formula is C15H28N2O3S. The molecule has 1 aliphatic heterocycles. The summed E-state index contributed by atoms with van der Waals surface area (Å²) in [5.74, 6) is 0.925. The Morgan fingerprint density at radius 1 is 1.19 bits per heavy atom. The van der Waals surface area contributed by atoms with Gasteiger partial charge in [-0.3, -0.25) is 4.79 Å². The minimum atomic E-state index is -3.20. The molecule has 0 aromatic heterocycles. The molecule has 6 heteroatoms. The Bertz CT molecular complexity index is 448. The van der Waals surface area contributed by atoms with Crippen molar-refractivity contribution in [3.05, 3.63) is 0 Å². The first kappa shape index (κ1) is 16.7. The fourth-order valence-electron chi connectivity index (χ4n) is 3.73. The van der Waals surface area contributed by atoms with Gasteiger partial charge in [0, 0.05) is 25.6 Å². The van der Waals surface area contributed by atoms with Gasteiger partial charge in [0.2, 0.25) is 15.9 Å². The van der Waals surface area contributed by atoms with Crippen molar-refractivity contribution in [3.8, 4) is 0 Å². The number of nitrogens with zero attached hydrogens (tertiary/aromatic N) is 1. The Labute approximate surface area is 128 Å². The SMILES string of the molecule is CCCS(=O)(=O)NCCC(=O)N1CCCC2CCCCC21. The van der Waals surface area contributed by atoms with Crippen LogP contribution in [0.2, 0.25) is 0 Å². The van der Waals surface area contributed by atoms with Crippen LogP contribution in [0.1, 0.15) is 58.3 Å². The lowest BCUT2D eigenvalue weighted by atomic mass is 9.78. The van der Waals surface area contributed by atoms with Crippen LogP contribution >= 0.6 is 0 Å². The summed E-state index contributed by atoms with van der Waals surface area (Å²) in [5.41, 5.74) is 0. The number of hydrogen-bond acceptors (Lipinski definition) is 3. The normalized spacial score (nSPS) is 26.4. The van der Waals surface area contributed by atoms with Gasteiger partial charge in [-0.15, -0.1) is 0 Å². The minimum absolute atomic E-state index is 0.116. The van der Waals surface area contributed by atoms with E-state index in [9.17, 15) is 13.2 Å². The third kappa shape index (κ3) is 4.68. The summed E-state index contributed by atoms with van der Waals surface area (Å²) in [5, 5.41) is 0. The van der Waals surface area contributed by atoms with E-state index in [1.807, 2.05) is 11.8 Å². The Morgan fingerprint density at radius 2 is 1.90 bits per heavy atom. The second kappa shape index (κ2) is 7.58. The van der Waals surface area contributed by atoms with Crippen LogP contribution in [-0.2, 0) is 14.8 Å². The highest BCUT2D eigenvalue weighted by atomic mass is 32.2. The van der Waals surface area contributed by atoms with E-state index in [0.717, 1.165) is 19.4 Å². The number of likely N-dealkylation sites (tertiary alicyclic amines) is 1. The number of sulfonamides is 1. The van der Waals surface area contributed by atoms with Crippen LogP contribution < -0.4 is 4.72 Å². The van der Waals surface area contributed by atoms with Gasteiger partial charge < -0.3 is 4.90 Å². The molecule has 1 N–H and O–H groups in total. The number of hydrogen-bond donors (Lipinski definition) is 1. The molecule has 1 aliphatic carbocycles. The largest absolute Gasteiger partial charge is 0.339 e. The van der Waals surface area contributed by atoms with E-state index in [-0.39, 0.29) is 24.6 Å². The van der Waals surface area contributed by atoms with Crippen molar-refractivity contribution in [2.45, 2.75) is 64.3 Å². The summed E-state index contributed by atoms with van der Waals surface area (Å²) in [6.45, 7) is 2.91. The average Bonchev–Trinajstić information content (AvgIpc) is 2.46. The predicted octanol–water partition coefficient (Wildman–Crippen LogP) is 1.89. The number of nitrogens with one attached hydrogen (secondary N) is 1. The number of fused-ring (bicyclic) bond motifs is 1. The van der Waals surface area contributed by atoms with Gasteiger partial charge in [-0.25, -0.2) is 13.1 Å². The van der Waals surface area contributed by atoms with Crippen LogP contribution in [0.4, 0.5) is 0 Å². The van der Waals surface area contributed by atoms with Crippen molar-refractivity contribution in [3.63, 3.8) is 0 Å². The maximum Gasteiger partial charge on any atom is 0.224 e. The van der Waals surface area contributed by atoms with E-state index in [4.69, 9.17) is 0 Å². The van der Waals surface area contributed by atoms with Crippen molar-refractivity contribution in [2.24, 2.45) is 5.92 Å². The maximum absolute atomic E-state index is 12.4. The molecule has 1 amide bonds. The average molecular weight is 316 g/mol. The lowest BCUT2D eigenvalue weighted by Crippen LogP contribution is -2.50. The van der Waals surface area contributed by atoms with Crippen molar-refractivity contribution in [2.75, 3.05) is 18.8 Å². The lowest BCUT2D eigenvalue weighted by Gasteiger charge is -2.44. The molecule has 2 aliphatic rings. The first-order chi connectivity index (χ1) is 10.0. The molecule has 0 radical (unpaired) electrons. The Kier molecular flexibility index (Phi) is 6.05. The maximum atomic E-state index is 12.4. The molecule has 2 atom stereocenters. The minimum Gasteiger partial charge on any atom is -0.339 e. The molecule has 0 spiro atoms. The van der Waals surface area contributed by atoms with Gasteiger partial charge in [0.25, 0.3) is 0 Å². The van der Waals surface area contributed by atoms with E-state index in [0.29, 0.717) is 18.4 Å². The quantitative estimate of drug-likeness (QED) is 0.814. The zero-order valence-corrected chi connectivity index (χ0v) is 13.8. The summed E-state index contributed by atoms with van der Waals surface area (Å²) in [6, 6.07) is 0.409. The second-order valence-corrected chi connectivity index (χ2v) is 8.23. The summed E-state index contributed by atoms with van der Waals surface area (Å²) < 4.78 is 25.7. The van der Waals surface area contributed by atoms with Gasteiger partial charge in [0.15, 0.2) is 0 Å². The first-order valence-corrected chi connectivity index (χ1v) is 9.95. The van der Waals surface area contributed by atoms with E-state index in [1.165, 1.54) is 25.7 Å². The number of piperidine rings is 1. The van der Waals surface area contributed by atoms with E-state index in [1.54, 1.807) is 0 Å². The fourth-order valence-corrected chi connectivity index (χ4v) is 4.83. The van der Waals surface area contributed by atoms with Crippen molar-refractivity contribution < 1.29 is 13.2 Å². The van der Waals surface area contributed by atoms with Crippen LogP contribution in [0.15, 0.2) is 0 Å². The third-order valence-electron chi connectivity index (χ3n) is 4.70. The number of carbonyl (C=O) groups excluding carboxylic acids is 1. The second-order valence-electron chi connectivity index (χ2n) is 6.30.